The molecule has 12 heteroatoms. The van der Waals surface area contributed by atoms with Crippen molar-refractivity contribution in [2.24, 2.45) is 0 Å². The third-order valence-electron chi connectivity index (χ3n) is 9.99. The molecule has 0 aliphatic rings. The first kappa shape index (κ1) is 55.0. The van der Waals surface area contributed by atoms with Crippen LogP contribution in [0, 0.1) is 0 Å². The molecule has 57 heavy (non-hydrogen) atoms. The Morgan fingerprint density at radius 3 is 1.46 bits per heavy atom. The number of carbonyl (C=O) groups is 3. The van der Waals surface area contributed by atoms with Crippen molar-refractivity contribution in [3.63, 3.8) is 0 Å². The maximum Gasteiger partial charge on any atom is 0.472 e. The van der Waals surface area contributed by atoms with E-state index in [0.29, 0.717) is 12.8 Å². The number of hydrogen-bond acceptors (Lipinski definition) is 8. The summed E-state index contributed by atoms with van der Waals surface area (Å²) in [4.78, 5) is 45.9. The van der Waals surface area contributed by atoms with Gasteiger partial charge in [-0.2, -0.15) is 0 Å². The van der Waals surface area contributed by atoms with Gasteiger partial charge in [0.25, 0.3) is 0 Å². The predicted octanol–water partition coefficient (Wildman–Crippen LogP) is 11.8. The van der Waals surface area contributed by atoms with E-state index >= 15 is 0 Å². The second-order valence-electron chi connectivity index (χ2n) is 15.6. The number of unbranched alkanes of at least 4 members (excludes halogenated alkanes) is 25. The van der Waals surface area contributed by atoms with Crippen LogP contribution >= 0.6 is 7.82 Å². The molecule has 0 fully saturated rings. The number of esters is 1. The monoisotopic (exact) mass is 830 g/mol. The summed E-state index contributed by atoms with van der Waals surface area (Å²) in [5, 5.41) is 21.8. The number of aliphatic hydroxyl groups is 1. The number of rotatable bonds is 43. The third-order valence-corrected chi connectivity index (χ3v) is 10.9. The van der Waals surface area contributed by atoms with Crippen molar-refractivity contribution in [3.05, 3.63) is 24.3 Å². The van der Waals surface area contributed by atoms with Crippen molar-refractivity contribution in [3.8, 4) is 0 Å². The van der Waals surface area contributed by atoms with Crippen LogP contribution in [0.25, 0.3) is 0 Å². The maximum atomic E-state index is 12.3. The zero-order chi connectivity index (χ0) is 42.1. The van der Waals surface area contributed by atoms with Crippen molar-refractivity contribution < 1.29 is 47.8 Å². The van der Waals surface area contributed by atoms with Crippen LogP contribution in [0.4, 0.5) is 0 Å². The van der Waals surface area contributed by atoms with Gasteiger partial charge in [0.15, 0.2) is 6.04 Å². The summed E-state index contributed by atoms with van der Waals surface area (Å²) in [5.74, 6) is -2.38. The van der Waals surface area contributed by atoms with Crippen molar-refractivity contribution in [2.45, 2.75) is 225 Å². The van der Waals surface area contributed by atoms with Crippen LogP contribution in [-0.2, 0) is 32.7 Å². The molecule has 0 rings (SSSR count). The van der Waals surface area contributed by atoms with Gasteiger partial charge in [-0.25, -0.2) is 9.36 Å². The van der Waals surface area contributed by atoms with E-state index < -0.39 is 57.6 Å². The Kier molecular flexibility index (Phi) is 39.3. The summed E-state index contributed by atoms with van der Waals surface area (Å²) in [6, 6.07) is -1.54. The highest BCUT2D eigenvalue weighted by atomic mass is 31.2. The molecule has 334 valence electrons. The maximum absolute atomic E-state index is 12.3. The smallest absolute Gasteiger partial charge is 0.472 e. The molecule has 0 radical (unpaired) electrons. The summed E-state index contributed by atoms with van der Waals surface area (Å²) in [6.07, 6.45) is 42.0. The summed E-state index contributed by atoms with van der Waals surface area (Å²) in [5.41, 5.74) is 0. The van der Waals surface area contributed by atoms with Crippen molar-refractivity contribution in [2.75, 3.05) is 19.8 Å². The lowest BCUT2D eigenvalue weighted by Gasteiger charge is -2.18. The lowest BCUT2D eigenvalue weighted by Crippen LogP contribution is -2.43. The number of phosphoric acid groups is 1. The minimum Gasteiger partial charge on any atom is -0.480 e. The molecule has 3 atom stereocenters. The predicted molar refractivity (Wildman–Crippen MR) is 231 cm³/mol. The van der Waals surface area contributed by atoms with Gasteiger partial charge < -0.3 is 25.2 Å². The second kappa shape index (κ2) is 40.7. The Morgan fingerprint density at radius 2 is 0.965 bits per heavy atom. The van der Waals surface area contributed by atoms with Crippen molar-refractivity contribution in [1.29, 1.82) is 0 Å². The Balaban J connectivity index is 3.88. The molecule has 11 nitrogen and oxygen atoms in total. The Hall–Kier alpha value is -2.04. The van der Waals surface area contributed by atoms with Crippen LogP contribution < -0.4 is 5.32 Å². The summed E-state index contributed by atoms with van der Waals surface area (Å²) < 4.78 is 26.8. The first-order valence-corrected chi connectivity index (χ1v) is 24.4. The fourth-order valence-electron chi connectivity index (χ4n) is 6.40. The molecule has 0 saturated carbocycles. The lowest BCUT2D eigenvalue weighted by atomic mass is 10.0. The van der Waals surface area contributed by atoms with Gasteiger partial charge in [0.1, 0.15) is 12.7 Å². The molecule has 0 aromatic rings. The average molecular weight is 830 g/mol. The lowest BCUT2D eigenvalue weighted by molar-refractivity contribution is -0.147. The van der Waals surface area contributed by atoms with Crippen LogP contribution in [0.5, 0.6) is 0 Å². The van der Waals surface area contributed by atoms with Crippen molar-refractivity contribution in [1.82, 2.24) is 5.32 Å². The van der Waals surface area contributed by atoms with Crippen LogP contribution in [0.15, 0.2) is 24.3 Å². The molecular formula is C45H84NO10P. The van der Waals surface area contributed by atoms with Gasteiger partial charge in [-0.05, 0) is 44.9 Å². The van der Waals surface area contributed by atoms with E-state index in [0.717, 1.165) is 64.2 Å². The normalized spacial score (nSPS) is 13.9. The molecule has 0 saturated heterocycles. The summed E-state index contributed by atoms with van der Waals surface area (Å²) >= 11 is 0. The van der Waals surface area contributed by atoms with Gasteiger partial charge in [0.2, 0.25) is 5.91 Å². The Morgan fingerprint density at radius 1 is 0.561 bits per heavy atom. The highest BCUT2D eigenvalue weighted by Crippen LogP contribution is 2.43. The molecule has 0 aliphatic carbocycles. The number of carbonyl (C=O) groups excluding carboxylic acids is 2. The Bertz CT molecular complexity index is 1070. The van der Waals surface area contributed by atoms with Crippen LogP contribution in [0.2, 0.25) is 0 Å². The molecule has 0 aliphatic heterocycles. The van der Waals surface area contributed by atoms with Crippen molar-refractivity contribution >= 4 is 25.7 Å². The van der Waals surface area contributed by atoms with Gasteiger partial charge in [-0.15, -0.1) is 0 Å². The molecule has 0 aromatic heterocycles. The van der Waals surface area contributed by atoms with E-state index in [-0.39, 0.29) is 12.8 Å². The van der Waals surface area contributed by atoms with Gasteiger partial charge in [-0.1, -0.05) is 179 Å². The highest BCUT2D eigenvalue weighted by Gasteiger charge is 2.28. The number of aliphatic carboxylic acids is 1. The topological polar surface area (TPSA) is 169 Å². The van der Waals surface area contributed by atoms with Crippen LogP contribution in [-0.4, -0.2) is 64.9 Å². The molecular weight excluding hydrogens is 745 g/mol. The van der Waals surface area contributed by atoms with Gasteiger partial charge in [0.05, 0.1) is 13.2 Å². The third kappa shape index (κ3) is 40.5. The zero-order valence-electron chi connectivity index (χ0n) is 36.2. The molecule has 0 heterocycles. The molecule has 1 amide bonds. The summed E-state index contributed by atoms with van der Waals surface area (Å²) in [7, 11) is -4.76. The number of nitrogens with one attached hydrogen (secondary N) is 1. The van der Waals surface area contributed by atoms with Crippen LogP contribution in [0.1, 0.15) is 213 Å². The zero-order valence-corrected chi connectivity index (χ0v) is 37.0. The second-order valence-corrected chi connectivity index (χ2v) is 17.0. The minimum absolute atomic E-state index is 0.149. The first-order chi connectivity index (χ1) is 27.6. The number of phosphoric ester groups is 1. The van der Waals surface area contributed by atoms with E-state index in [1.807, 2.05) is 0 Å². The average Bonchev–Trinajstić information content (AvgIpc) is 3.18. The fourth-order valence-corrected chi connectivity index (χ4v) is 7.18. The molecule has 0 aromatic carbocycles. The standard InChI is InChI=1S/C45H84NO10P/c1-3-5-7-9-11-13-15-17-19-20-21-23-24-26-28-30-32-34-36-43(48)46-42(45(50)51)40-56-57(52,53)55-39-41(47)38-54-44(49)37-35-33-31-29-27-25-22-18-16-14-12-10-8-6-4-2/h12,14,18,22,41-42,47H,3-11,13,15-17,19-21,23-40H2,1-2H3,(H,46,48)(H,50,51)(H,52,53)/b14-12-,22-18-. The molecule has 0 bridgehead atoms. The molecule has 0 spiro atoms. The van der Waals surface area contributed by atoms with Gasteiger partial charge >= 0.3 is 19.8 Å². The highest BCUT2D eigenvalue weighted by molar-refractivity contribution is 7.47. The number of aliphatic hydroxyl groups excluding tert-OH is 1. The number of allylic oxidation sites excluding steroid dienone is 4. The fraction of sp³-hybridized carbons (Fsp3) is 0.844. The summed E-state index contributed by atoms with van der Waals surface area (Å²) in [6.45, 7) is 2.57. The number of amides is 1. The largest absolute Gasteiger partial charge is 0.480 e. The quantitative estimate of drug-likeness (QED) is 0.0201. The van der Waals surface area contributed by atoms with Crippen LogP contribution in [0.3, 0.4) is 0 Å². The molecule has 3 unspecified atom stereocenters. The number of carboxylic acid groups (broad SMARTS) is 1. The van der Waals surface area contributed by atoms with E-state index in [9.17, 15) is 34.1 Å². The first-order valence-electron chi connectivity index (χ1n) is 22.9. The van der Waals surface area contributed by atoms with Gasteiger partial charge in [-0.3, -0.25) is 18.6 Å². The number of carboxylic acids is 1. The van der Waals surface area contributed by atoms with E-state index in [1.165, 1.54) is 109 Å². The van der Waals surface area contributed by atoms with E-state index in [2.05, 4.69) is 43.5 Å². The number of ether oxygens (including phenoxy) is 1. The Labute approximate surface area is 347 Å². The van der Waals surface area contributed by atoms with Gasteiger partial charge in [0, 0.05) is 12.8 Å². The van der Waals surface area contributed by atoms with E-state index in [4.69, 9.17) is 13.8 Å². The SMILES string of the molecule is CCCCC/C=C\C/C=C\CCCCCCCC(=O)OCC(O)COP(=O)(O)OCC(NC(=O)CCCCCCCCCCCCCCCCCCCC)C(=O)O. The molecule has 4 N–H and O–H groups in total. The van der Waals surface area contributed by atoms with E-state index in [1.54, 1.807) is 0 Å². The number of hydrogen-bond donors (Lipinski definition) is 4. The minimum atomic E-state index is -4.76.